The van der Waals surface area contributed by atoms with Crippen molar-refractivity contribution in [2.45, 2.75) is 32.2 Å². The Kier molecular flexibility index (Phi) is 4.79. The smallest absolute Gasteiger partial charge is 0.247 e. The Hall–Kier alpha value is -2.89. The minimum absolute atomic E-state index is 0.150. The Morgan fingerprint density at radius 1 is 1.15 bits per heavy atom. The summed E-state index contributed by atoms with van der Waals surface area (Å²) in [5, 5.41) is 9.03. The highest BCUT2D eigenvalue weighted by Gasteiger charge is 2.28. The molecule has 1 aliphatic heterocycles. The molecule has 140 valence electrons. The largest absolute Gasteiger partial charge is 0.340 e. The van der Waals surface area contributed by atoms with Crippen molar-refractivity contribution in [2.24, 2.45) is 7.05 Å². The van der Waals surface area contributed by atoms with Crippen molar-refractivity contribution in [3.05, 3.63) is 60.0 Å². The lowest BCUT2D eigenvalue weighted by Gasteiger charge is -2.25. The first-order valence-corrected chi connectivity index (χ1v) is 9.57. The molecule has 3 aromatic rings. The average Bonchev–Trinajstić information content (AvgIpc) is 3.26. The molecule has 1 atom stereocenters. The number of nitrogens with zero attached hydrogens (tertiary/aromatic N) is 5. The third kappa shape index (κ3) is 3.27. The molecule has 1 amide bonds. The summed E-state index contributed by atoms with van der Waals surface area (Å²) in [7, 11) is 2.00. The van der Waals surface area contributed by atoms with Crippen LogP contribution in [-0.2, 0) is 24.7 Å². The summed E-state index contributed by atoms with van der Waals surface area (Å²) in [5.41, 5.74) is 4.72. The number of hydrogen-bond acceptors (Lipinski definition) is 3. The summed E-state index contributed by atoms with van der Waals surface area (Å²) in [4.78, 5) is 15.1. The third-order valence-corrected chi connectivity index (χ3v) is 5.35. The van der Waals surface area contributed by atoms with Crippen LogP contribution in [0.5, 0.6) is 0 Å². The van der Waals surface area contributed by atoms with Gasteiger partial charge < -0.3 is 4.90 Å². The molecule has 6 nitrogen and oxygen atoms in total. The zero-order valence-electron chi connectivity index (χ0n) is 15.9. The predicted octanol–water partition coefficient (Wildman–Crippen LogP) is 2.86. The molecule has 0 radical (unpaired) electrons. The molecule has 0 saturated heterocycles. The summed E-state index contributed by atoms with van der Waals surface area (Å²) in [6, 6.07) is 12.0. The van der Waals surface area contributed by atoms with Gasteiger partial charge in [-0.25, -0.2) is 0 Å². The topological polar surface area (TPSA) is 56.0 Å². The van der Waals surface area contributed by atoms with E-state index in [0.717, 1.165) is 31.5 Å². The van der Waals surface area contributed by atoms with Crippen molar-refractivity contribution in [3.63, 3.8) is 0 Å². The van der Waals surface area contributed by atoms with Gasteiger partial charge >= 0.3 is 0 Å². The SMILES string of the molecule is CCC(C(=O)N1CCc2nn(C)c(-c3ccccc3)c2CC1)n1cccn1. The zero-order chi connectivity index (χ0) is 18.8. The third-order valence-electron chi connectivity index (χ3n) is 5.35. The van der Waals surface area contributed by atoms with Crippen LogP contribution >= 0.6 is 0 Å². The Balaban J connectivity index is 1.57. The summed E-state index contributed by atoms with van der Waals surface area (Å²) in [6.45, 7) is 3.45. The number of aryl methyl sites for hydroxylation is 1. The van der Waals surface area contributed by atoms with Gasteiger partial charge in [0.15, 0.2) is 0 Å². The highest BCUT2D eigenvalue weighted by molar-refractivity contribution is 5.80. The number of aromatic nitrogens is 4. The molecule has 0 fully saturated rings. The van der Waals surface area contributed by atoms with Crippen molar-refractivity contribution in [1.82, 2.24) is 24.5 Å². The van der Waals surface area contributed by atoms with E-state index in [2.05, 4.69) is 29.4 Å². The minimum Gasteiger partial charge on any atom is -0.340 e. The highest BCUT2D eigenvalue weighted by atomic mass is 16.2. The fourth-order valence-electron chi connectivity index (χ4n) is 4.01. The van der Waals surface area contributed by atoms with Crippen molar-refractivity contribution in [3.8, 4) is 11.3 Å². The monoisotopic (exact) mass is 363 g/mol. The molecule has 2 aromatic heterocycles. The molecule has 1 aromatic carbocycles. The standard InChI is InChI=1S/C21H25N5O/c1-3-19(26-13-7-12-22-26)21(27)25-14-10-17-18(11-15-25)23-24(2)20(17)16-8-5-4-6-9-16/h4-9,12-13,19H,3,10-11,14-15H2,1-2H3. The summed E-state index contributed by atoms with van der Waals surface area (Å²) < 4.78 is 3.75. The maximum Gasteiger partial charge on any atom is 0.247 e. The molecule has 3 heterocycles. The fraction of sp³-hybridized carbons (Fsp3) is 0.381. The quantitative estimate of drug-likeness (QED) is 0.716. The van der Waals surface area contributed by atoms with Gasteiger partial charge in [-0.2, -0.15) is 10.2 Å². The normalized spacial score (nSPS) is 15.3. The van der Waals surface area contributed by atoms with Crippen LogP contribution in [0.1, 0.15) is 30.6 Å². The van der Waals surface area contributed by atoms with Gasteiger partial charge in [0.1, 0.15) is 6.04 Å². The van der Waals surface area contributed by atoms with Crippen molar-refractivity contribution in [2.75, 3.05) is 13.1 Å². The molecule has 0 spiro atoms. The molecule has 1 unspecified atom stereocenters. The van der Waals surface area contributed by atoms with Crippen LogP contribution < -0.4 is 0 Å². The van der Waals surface area contributed by atoms with E-state index < -0.39 is 0 Å². The van der Waals surface area contributed by atoms with E-state index in [4.69, 9.17) is 5.10 Å². The second kappa shape index (κ2) is 7.39. The molecule has 0 aliphatic carbocycles. The first kappa shape index (κ1) is 17.5. The van der Waals surface area contributed by atoms with Crippen LogP contribution in [0.2, 0.25) is 0 Å². The van der Waals surface area contributed by atoms with E-state index in [1.807, 2.05) is 41.9 Å². The summed E-state index contributed by atoms with van der Waals surface area (Å²) >= 11 is 0. The highest BCUT2D eigenvalue weighted by Crippen LogP contribution is 2.29. The number of hydrogen-bond donors (Lipinski definition) is 0. The van der Waals surface area contributed by atoms with Crippen LogP contribution in [0.15, 0.2) is 48.8 Å². The van der Waals surface area contributed by atoms with Crippen LogP contribution in [-0.4, -0.2) is 43.5 Å². The maximum atomic E-state index is 13.1. The van der Waals surface area contributed by atoms with E-state index in [0.29, 0.717) is 6.54 Å². The van der Waals surface area contributed by atoms with Gasteiger partial charge in [-0.3, -0.25) is 14.2 Å². The van der Waals surface area contributed by atoms with E-state index in [1.54, 1.807) is 10.9 Å². The van der Waals surface area contributed by atoms with Gasteiger partial charge in [-0.05, 0) is 18.9 Å². The number of rotatable bonds is 4. The molecule has 6 heteroatoms. The molecule has 27 heavy (non-hydrogen) atoms. The van der Waals surface area contributed by atoms with Crippen molar-refractivity contribution in [1.29, 1.82) is 0 Å². The Morgan fingerprint density at radius 2 is 1.93 bits per heavy atom. The first-order chi connectivity index (χ1) is 13.2. The number of carbonyl (C=O) groups is 1. The van der Waals surface area contributed by atoms with E-state index >= 15 is 0 Å². The molecule has 0 saturated carbocycles. The Morgan fingerprint density at radius 3 is 2.63 bits per heavy atom. The molecule has 4 rings (SSSR count). The van der Waals surface area contributed by atoms with Crippen LogP contribution in [0.4, 0.5) is 0 Å². The van der Waals surface area contributed by atoms with E-state index in [-0.39, 0.29) is 11.9 Å². The van der Waals surface area contributed by atoms with Gasteiger partial charge in [-0.15, -0.1) is 0 Å². The second-order valence-electron chi connectivity index (χ2n) is 7.00. The lowest BCUT2D eigenvalue weighted by atomic mass is 10.0. The van der Waals surface area contributed by atoms with Gasteiger partial charge in [-0.1, -0.05) is 37.3 Å². The Labute approximate surface area is 159 Å². The summed E-state index contributed by atoms with van der Waals surface area (Å²) in [5.74, 6) is 0.150. The van der Waals surface area contributed by atoms with E-state index in [9.17, 15) is 4.79 Å². The van der Waals surface area contributed by atoms with Gasteiger partial charge in [0.25, 0.3) is 0 Å². The number of carbonyl (C=O) groups excluding carboxylic acids is 1. The zero-order valence-corrected chi connectivity index (χ0v) is 15.9. The average molecular weight is 363 g/mol. The minimum atomic E-state index is -0.231. The summed E-state index contributed by atoms with van der Waals surface area (Å²) in [6.07, 6.45) is 5.95. The van der Waals surface area contributed by atoms with Gasteiger partial charge in [0, 0.05) is 50.1 Å². The van der Waals surface area contributed by atoms with E-state index in [1.165, 1.54) is 16.8 Å². The molecule has 1 aliphatic rings. The number of fused-ring (bicyclic) bond motifs is 1. The van der Waals surface area contributed by atoms with Gasteiger partial charge in [0.2, 0.25) is 5.91 Å². The van der Waals surface area contributed by atoms with Crippen LogP contribution in [0.25, 0.3) is 11.3 Å². The molecular weight excluding hydrogens is 338 g/mol. The molecule has 0 N–H and O–H groups in total. The van der Waals surface area contributed by atoms with Crippen molar-refractivity contribution < 1.29 is 4.79 Å². The fourth-order valence-corrected chi connectivity index (χ4v) is 4.01. The number of benzene rings is 1. The first-order valence-electron chi connectivity index (χ1n) is 9.57. The number of amides is 1. The second-order valence-corrected chi connectivity index (χ2v) is 7.00. The maximum absolute atomic E-state index is 13.1. The van der Waals surface area contributed by atoms with Crippen LogP contribution in [0, 0.1) is 0 Å². The van der Waals surface area contributed by atoms with Crippen LogP contribution in [0.3, 0.4) is 0 Å². The molecule has 0 bridgehead atoms. The van der Waals surface area contributed by atoms with Crippen molar-refractivity contribution >= 4 is 5.91 Å². The Bertz CT molecular complexity index is 914. The molecular formula is C21H25N5O. The lowest BCUT2D eigenvalue weighted by Crippen LogP contribution is -2.39. The lowest BCUT2D eigenvalue weighted by molar-refractivity contribution is -0.135. The predicted molar refractivity (Wildman–Crippen MR) is 104 cm³/mol. The van der Waals surface area contributed by atoms with Gasteiger partial charge in [0.05, 0.1) is 11.4 Å².